The number of aromatic hydroxyl groups is 2. The van der Waals surface area contributed by atoms with Crippen LogP contribution >= 0.6 is 0 Å². The first-order chi connectivity index (χ1) is 18.2. The molecular formula is C30H34N4O4. The van der Waals surface area contributed by atoms with Gasteiger partial charge in [0.15, 0.2) is 0 Å². The van der Waals surface area contributed by atoms with E-state index in [1.165, 1.54) is 6.07 Å². The number of aromatic nitrogens is 1. The van der Waals surface area contributed by atoms with Crippen molar-refractivity contribution in [1.29, 1.82) is 0 Å². The number of hydrogen-bond donors (Lipinski definition) is 2. The Hall–Kier alpha value is -4.17. The summed E-state index contributed by atoms with van der Waals surface area (Å²) in [6, 6.07) is 12.7. The molecule has 0 fully saturated rings. The summed E-state index contributed by atoms with van der Waals surface area (Å²) in [5, 5.41) is 20.5. The van der Waals surface area contributed by atoms with Crippen LogP contribution in [0, 0.1) is 13.8 Å². The first-order valence-electron chi connectivity index (χ1n) is 12.6. The fourth-order valence-electron chi connectivity index (χ4n) is 4.69. The fourth-order valence-corrected chi connectivity index (χ4v) is 4.69. The van der Waals surface area contributed by atoms with Gasteiger partial charge >= 0.3 is 0 Å². The minimum atomic E-state index is -0.317. The van der Waals surface area contributed by atoms with E-state index in [-0.39, 0.29) is 28.9 Å². The van der Waals surface area contributed by atoms with Gasteiger partial charge in [-0.05, 0) is 62.8 Å². The van der Waals surface area contributed by atoms with E-state index in [9.17, 15) is 19.8 Å². The van der Waals surface area contributed by atoms with Gasteiger partial charge in [-0.2, -0.15) is 0 Å². The van der Waals surface area contributed by atoms with Gasteiger partial charge < -0.3 is 24.9 Å². The fraction of sp³-hybridized carbons (Fsp3) is 0.300. The van der Waals surface area contributed by atoms with Crippen molar-refractivity contribution in [2.75, 3.05) is 32.1 Å². The van der Waals surface area contributed by atoms with Crippen LogP contribution in [0.4, 0.5) is 5.69 Å². The third-order valence-corrected chi connectivity index (χ3v) is 6.92. The molecule has 2 aromatic carbocycles. The third kappa shape index (κ3) is 5.70. The van der Waals surface area contributed by atoms with E-state index in [2.05, 4.69) is 4.98 Å². The summed E-state index contributed by atoms with van der Waals surface area (Å²) in [6.07, 6.45) is 5.76. The molecule has 0 spiro atoms. The molecule has 0 unspecified atom stereocenters. The van der Waals surface area contributed by atoms with Crippen molar-refractivity contribution < 1.29 is 19.8 Å². The molecule has 2 N–H and O–H groups in total. The number of phenolic OH excluding ortho intramolecular Hbond substituents is 2. The van der Waals surface area contributed by atoms with Crippen molar-refractivity contribution in [3.8, 4) is 11.5 Å². The quantitative estimate of drug-likeness (QED) is 0.442. The third-order valence-electron chi connectivity index (χ3n) is 6.92. The zero-order valence-electron chi connectivity index (χ0n) is 22.3. The Morgan fingerprint density at radius 3 is 2.53 bits per heavy atom. The minimum Gasteiger partial charge on any atom is -0.508 e. The van der Waals surface area contributed by atoms with Crippen LogP contribution in [0.25, 0.3) is 0 Å². The molecule has 0 atom stereocenters. The molecule has 38 heavy (non-hydrogen) atoms. The van der Waals surface area contributed by atoms with E-state index in [0.717, 1.165) is 22.5 Å². The monoisotopic (exact) mass is 514 g/mol. The predicted molar refractivity (Wildman–Crippen MR) is 147 cm³/mol. The van der Waals surface area contributed by atoms with Gasteiger partial charge in [-0.1, -0.05) is 24.3 Å². The largest absolute Gasteiger partial charge is 0.508 e. The Bertz CT molecular complexity index is 1370. The lowest BCUT2D eigenvalue weighted by Crippen LogP contribution is -2.33. The normalized spacial score (nSPS) is 12.8. The number of carbonyl (C=O) groups is 2. The highest BCUT2D eigenvalue weighted by Gasteiger charge is 2.31. The first kappa shape index (κ1) is 26.9. The summed E-state index contributed by atoms with van der Waals surface area (Å²) in [7, 11) is 3.89. The maximum absolute atomic E-state index is 13.5. The predicted octanol–water partition coefficient (Wildman–Crippen LogP) is 3.96. The van der Waals surface area contributed by atoms with E-state index >= 15 is 0 Å². The standard InChI is InChI=1S/C30H34N4O4/c1-20-21(2)29(27(36)17-26(20)35)30(38)33-18-22-9-7-11-25(24(22)19-33)34(28(37)12-8-15-32(3)4)16-13-23-10-5-6-14-31-23/h5-12,14,17,35-36H,13,15-16,18-19H2,1-4H3/b12-8+. The molecule has 2 heterocycles. The van der Waals surface area contributed by atoms with Crippen molar-refractivity contribution in [3.05, 3.63) is 94.3 Å². The molecule has 8 nitrogen and oxygen atoms in total. The van der Waals surface area contributed by atoms with E-state index < -0.39 is 0 Å². The van der Waals surface area contributed by atoms with E-state index in [1.54, 1.807) is 35.9 Å². The number of hydrogen-bond acceptors (Lipinski definition) is 6. The zero-order valence-corrected chi connectivity index (χ0v) is 22.3. The smallest absolute Gasteiger partial charge is 0.258 e. The van der Waals surface area contributed by atoms with Crippen molar-refractivity contribution in [3.63, 3.8) is 0 Å². The van der Waals surface area contributed by atoms with E-state index in [1.807, 2.05) is 61.5 Å². The van der Waals surface area contributed by atoms with Gasteiger partial charge in [-0.15, -0.1) is 0 Å². The van der Waals surface area contributed by atoms with E-state index in [0.29, 0.717) is 43.7 Å². The van der Waals surface area contributed by atoms with Crippen molar-refractivity contribution in [2.45, 2.75) is 33.4 Å². The van der Waals surface area contributed by atoms with Gasteiger partial charge in [0.05, 0.1) is 5.56 Å². The average molecular weight is 515 g/mol. The second-order valence-corrected chi connectivity index (χ2v) is 9.84. The molecule has 0 aliphatic carbocycles. The van der Waals surface area contributed by atoms with Crippen LogP contribution in [-0.4, -0.2) is 64.0 Å². The summed E-state index contributed by atoms with van der Waals surface area (Å²) in [4.78, 5) is 36.7. The summed E-state index contributed by atoms with van der Waals surface area (Å²) in [6.45, 7) is 5.17. The molecule has 1 aromatic heterocycles. The summed E-state index contributed by atoms with van der Waals surface area (Å²) < 4.78 is 0. The number of pyridine rings is 1. The Balaban J connectivity index is 1.64. The number of carbonyl (C=O) groups excluding carboxylic acids is 2. The number of nitrogens with zero attached hydrogens (tertiary/aromatic N) is 4. The molecule has 1 aliphatic heterocycles. The number of anilines is 1. The Kier molecular flexibility index (Phi) is 8.12. The molecule has 0 radical (unpaired) electrons. The van der Waals surface area contributed by atoms with Crippen LogP contribution < -0.4 is 4.90 Å². The van der Waals surface area contributed by atoms with Gasteiger partial charge in [0.25, 0.3) is 11.8 Å². The average Bonchev–Trinajstić information content (AvgIpc) is 3.33. The number of benzene rings is 2. The number of rotatable bonds is 8. The summed E-state index contributed by atoms with van der Waals surface area (Å²) in [5.41, 5.74) is 4.79. The van der Waals surface area contributed by atoms with Crippen LogP contribution in [0.15, 0.2) is 60.8 Å². The molecule has 0 bridgehead atoms. The van der Waals surface area contributed by atoms with Gasteiger partial charge in [0.1, 0.15) is 11.5 Å². The second kappa shape index (κ2) is 11.5. The van der Waals surface area contributed by atoms with Crippen molar-refractivity contribution in [2.24, 2.45) is 0 Å². The van der Waals surface area contributed by atoms with Gasteiger partial charge in [-0.25, -0.2) is 0 Å². The molecule has 2 amide bonds. The van der Waals surface area contributed by atoms with Gasteiger partial charge in [0, 0.05) is 67.9 Å². The highest BCUT2D eigenvalue weighted by atomic mass is 16.3. The minimum absolute atomic E-state index is 0.0482. The Labute approximate surface area is 223 Å². The summed E-state index contributed by atoms with van der Waals surface area (Å²) in [5.74, 6) is -0.746. The summed E-state index contributed by atoms with van der Waals surface area (Å²) >= 11 is 0. The van der Waals surface area contributed by atoms with Crippen LogP contribution in [-0.2, 0) is 24.3 Å². The maximum atomic E-state index is 13.5. The van der Waals surface area contributed by atoms with Gasteiger partial charge in [-0.3, -0.25) is 14.6 Å². The number of phenols is 2. The number of amides is 2. The van der Waals surface area contributed by atoms with Crippen molar-refractivity contribution >= 4 is 17.5 Å². The lowest BCUT2D eigenvalue weighted by atomic mass is 10.00. The molecule has 198 valence electrons. The molecule has 4 rings (SSSR count). The maximum Gasteiger partial charge on any atom is 0.258 e. The van der Waals surface area contributed by atoms with Crippen LogP contribution in [0.1, 0.15) is 38.3 Å². The van der Waals surface area contributed by atoms with Gasteiger partial charge in [0.2, 0.25) is 0 Å². The SMILES string of the molecule is Cc1c(O)cc(O)c(C(=O)N2Cc3cccc(N(CCc4ccccn4)C(=O)/C=C/CN(C)C)c3C2)c1C. The highest BCUT2D eigenvalue weighted by Crippen LogP contribution is 2.36. The van der Waals surface area contributed by atoms with Crippen LogP contribution in [0.3, 0.4) is 0 Å². The lowest BCUT2D eigenvalue weighted by molar-refractivity contribution is -0.114. The Morgan fingerprint density at radius 1 is 1.03 bits per heavy atom. The number of fused-ring (bicyclic) bond motifs is 1. The molecular weight excluding hydrogens is 480 g/mol. The first-order valence-corrected chi connectivity index (χ1v) is 12.6. The van der Waals surface area contributed by atoms with E-state index in [4.69, 9.17) is 0 Å². The van der Waals surface area contributed by atoms with Crippen LogP contribution in [0.2, 0.25) is 0 Å². The lowest BCUT2D eigenvalue weighted by Gasteiger charge is -2.24. The highest BCUT2D eigenvalue weighted by molar-refractivity contribution is 6.03. The molecule has 1 aliphatic rings. The molecule has 0 saturated heterocycles. The number of likely N-dealkylation sites (N-methyl/N-ethyl adjacent to an activating group) is 1. The molecule has 3 aromatic rings. The zero-order chi connectivity index (χ0) is 27.4. The van der Waals surface area contributed by atoms with Crippen LogP contribution in [0.5, 0.6) is 11.5 Å². The second-order valence-electron chi connectivity index (χ2n) is 9.84. The Morgan fingerprint density at radius 2 is 1.82 bits per heavy atom. The topological polar surface area (TPSA) is 97.2 Å². The molecule has 0 saturated carbocycles. The van der Waals surface area contributed by atoms with Crippen molar-refractivity contribution in [1.82, 2.24) is 14.8 Å². The molecule has 8 heteroatoms.